The standard InChI is InChI=1S/C13H13N3/c1-15-10-6-4-8-12-13(10)9-5-2-3-7-11(9)16(12)14/h2-8,15H,14H2,1H3. The molecule has 0 amide bonds. The second-order valence-electron chi connectivity index (χ2n) is 3.84. The van der Waals surface area contributed by atoms with Gasteiger partial charge in [-0.25, -0.2) is 0 Å². The van der Waals surface area contributed by atoms with Gasteiger partial charge in [-0.05, 0) is 18.2 Å². The number of hydrogen-bond donors (Lipinski definition) is 2. The van der Waals surface area contributed by atoms with Crippen LogP contribution >= 0.6 is 0 Å². The van der Waals surface area contributed by atoms with Gasteiger partial charge >= 0.3 is 0 Å². The number of nitrogens with one attached hydrogen (secondary N) is 1. The van der Waals surface area contributed by atoms with Crippen molar-refractivity contribution < 1.29 is 0 Å². The smallest absolute Gasteiger partial charge is 0.0724 e. The molecule has 0 fully saturated rings. The molecule has 3 nitrogen and oxygen atoms in total. The molecule has 3 aromatic rings. The number of aromatic nitrogens is 1. The Morgan fingerprint density at radius 3 is 2.56 bits per heavy atom. The van der Waals surface area contributed by atoms with Gasteiger partial charge in [0.15, 0.2) is 0 Å². The Labute approximate surface area is 93.4 Å². The highest BCUT2D eigenvalue weighted by Gasteiger charge is 2.10. The molecule has 3 rings (SSSR count). The van der Waals surface area contributed by atoms with Crippen molar-refractivity contribution in [2.24, 2.45) is 0 Å². The van der Waals surface area contributed by atoms with Gasteiger partial charge in [-0.15, -0.1) is 0 Å². The summed E-state index contributed by atoms with van der Waals surface area (Å²) in [4.78, 5) is 0. The van der Waals surface area contributed by atoms with Gasteiger partial charge in [0.05, 0.1) is 11.0 Å². The fourth-order valence-corrected chi connectivity index (χ4v) is 2.26. The largest absolute Gasteiger partial charge is 0.388 e. The molecule has 1 heterocycles. The van der Waals surface area contributed by atoms with Crippen molar-refractivity contribution in [3.63, 3.8) is 0 Å². The quantitative estimate of drug-likeness (QED) is 0.607. The van der Waals surface area contributed by atoms with E-state index in [4.69, 9.17) is 5.84 Å². The molecule has 0 aliphatic heterocycles. The van der Waals surface area contributed by atoms with Crippen molar-refractivity contribution >= 4 is 27.5 Å². The molecule has 3 heteroatoms. The van der Waals surface area contributed by atoms with E-state index in [1.54, 1.807) is 4.68 Å². The number of benzene rings is 2. The van der Waals surface area contributed by atoms with E-state index < -0.39 is 0 Å². The number of fused-ring (bicyclic) bond motifs is 3. The first kappa shape index (κ1) is 9.09. The molecule has 0 bridgehead atoms. The Bertz CT molecular complexity index is 667. The first-order valence-electron chi connectivity index (χ1n) is 5.28. The van der Waals surface area contributed by atoms with E-state index in [2.05, 4.69) is 17.4 Å². The Kier molecular flexibility index (Phi) is 1.80. The first-order valence-corrected chi connectivity index (χ1v) is 5.28. The van der Waals surface area contributed by atoms with E-state index >= 15 is 0 Å². The topological polar surface area (TPSA) is 43.0 Å². The van der Waals surface area contributed by atoms with Crippen LogP contribution < -0.4 is 11.2 Å². The van der Waals surface area contributed by atoms with Crippen LogP contribution in [0.3, 0.4) is 0 Å². The molecule has 3 N–H and O–H groups in total. The minimum atomic E-state index is 1.05. The number of nitrogens with two attached hydrogens (primary N) is 1. The van der Waals surface area contributed by atoms with Crippen molar-refractivity contribution in [3.8, 4) is 0 Å². The number of para-hydroxylation sites is 1. The summed E-state index contributed by atoms with van der Waals surface area (Å²) >= 11 is 0. The molecular formula is C13H13N3. The van der Waals surface area contributed by atoms with E-state index in [0.717, 1.165) is 16.7 Å². The lowest BCUT2D eigenvalue weighted by Crippen LogP contribution is -2.06. The highest BCUT2D eigenvalue weighted by atomic mass is 15.3. The number of anilines is 1. The van der Waals surface area contributed by atoms with Crippen LogP contribution in [-0.4, -0.2) is 11.7 Å². The number of rotatable bonds is 1. The van der Waals surface area contributed by atoms with Gasteiger partial charge in [-0.2, -0.15) is 0 Å². The molecule has 0 aliphatic carbocycles. The highest BCUT2D eigenvalue weighted by molar-refractivity contribution is 6.13. The minimum Gasteiger partial charge on any atom is -0.388 e. The monoisotopic (exact) mass is 211 g/mol. The summed E-state index contributed by atoms with van der Waals surface area (Å²) in [5.41, 5.74) is 3.21. The highest BCUT2D eigenvalue weighted by Crippen LogP contribution is 2.32. The first-order chi connectivity index (χ1) is 7.83. The average molecular weight is 211 g/mol. The van der Waals surface area contributed by atoms with Crippen molar-refractivity contribution in [1.82, 2.24) is 4.68 Å². The lowest BCUT2D eigenvalue weighted by molar-refractivity contribution is 1.12. The van der Waals surface area contributed by atoms with Crippen LogP contribution in [0.4, 0.5) is 5.69 Å². The molecule has 1 aromatic heterocycles. The summed E-state index contributed by atoms with van der Waals surface area (Å²) < 4.78 is 1.74. The Morgan fingerprint density at radius 1 is 1.00 bits per heavy atom. The zero-order valence-electron chi connectivity index (χ0n) is 9.07. The lowest BCUT2D eigenvalue weighted by atomic mass is 10.1. The fourth-order valence-electron chi connectivity index (χ4n) is 2.26. The van der Waals surface area contributed by atoms with E-state index in [0.29, 0.717) is 0 Å². The predicted molar refractivity (Wildman–Crippen MR) is 69.1 cm³/mol. The van der Waals surface area contributed by atoms with E-state index in [1.165, 1.54) is 10.8 Å². The third-order valence-electron chi connectivity index (χ3n) is 3.00. The van der Waals surface area contributed by atoms with E-state index in [9.17, 15) is 0 Å². The predicted octanol–water partition coefficient (Wildman–Crippen LogP) is 2.55. The number of hydrogen-bond acceptors (Lipinski definition) is 2. The number of nitrogen functional groups attached to an aromatic ring is 1. The van der Waals surface area contributed by atoms with Gasteiger partial charge < -0.3 is 11.2 Å². The molecule has 0 aliphatic rings. The van der Waals surface area contributed by atoms with E-state index in [-0.39, 0.29) is 0 Å². The summed E-state index contributed by atoms with van der Waals surface area (Å²) in [7, 11) is 1.93. The van der Waals surface area contributed by atoms with Gasteiger partial charge in [0.2, 0.25) is 0 Å². The van der Waals surface area contributed by atoms with Gasteiger partial charge in [0, 0.05) is 23.5 Å². The van der Waals surface area contributed by atoms with Gasteiger partial charge in [-0.1, -0.05) is 24.3 Å². The van der Waals surface area contributed by atoms with Crippen LogP contribution in [0.5, 0.6) is 0 Å². The second-order valence-corrected chi connectivity index (χ2v) is 3.84. The minimum absolute atomic E-state index is 1.05. The molecule has 0 saturated carbocycles. The summed E-state index contributed by atoms with van der Waals surface area (Å²) in [6.45, 7) is 0. The summed E-state index contributed by atoms with van der Waals surface area (Å²) in [6, 6.07) is 14.3. The SMILES string of the molecule is CNc1cccc2c1c1ccccc1n2N. The molecule has 80 valence electrons. The molecule has 0 unspecified atom stereocenters. The zero-order chi connectivity index (χ0) is 11.1. The fraction of sp³-hybridized carbons (Fsp3) is 0.0769. The zero-order valence-corrected chi connectivity index (χ0v) is 9.07. The third kappa shape index (κ3) is 1.03. The van der Waals surface area contributed by atoms with Crippen LogP contribution in [0.15, 0.2) is 42.5 Å². The molecule has 16 heavy (non-hydrogen) atoms. The molecule has 0 saturated heterocycles. The van der Waals surface area contributed by atoms with Crippen LogP contribution in [0.2, 0.25) is 0 Å². The molecule has 0 spiro atoms. The lowest BCUT2D eigenvalue weighted by Gasteiger charge is -2.02. The van der Waals surface area contributed by atoms with Crippen LogP contribution in [-0.2, 0) is 0 Å². The molecule has 2 aromatic carbocycles. The second kappa shape index (κ2) is 3.17. The van der Waals surface area contributed by atoms with E-state index in [1.807, 2.05) is 37.4 Å². The van der Waals surface area contributed by atoms with Crippen molar-refractivity contribution in [2.45, 2.75) is 0 Å². The van der Waals surface area contributed by atoms with Gasteiger partial charge in [0.25, 0.3) is 0 Å². The van der Waals surface area contributed by atoms with Crippen LogP contribution in [0.1, 0.15) is 0 Å². The Balaban J connectivity index is 2.62. The van der Waals surface area contributed by atoms with Crippen LogP contribution in [0, 0.1) is 0 Å². The molecule has 0 radical (unpaired) electrons. The van der Waals surface area contributed by atoms with Crippen molar-refractivity contribution in [1.29, 1.82) is 0 Å². The number of nitrogens with zero attached hydrogens (tertiary/aromatic N) is 1. The van der Waals surface area contributed by atoms with Crippen molar-refractivity contribution in [2.75, 3.05) is 18.2 Å². The Morgan fingerprint density at radius 2 is 1.75 bits per heavy atom. The Hall–Kier alpha value is -2.16. The maximum absolute atomic E-state index is 6.09. The summed E-state index contributed by atoms with van der Waals surface area (Å²) in [5, 5.41) is 5.58. The molecular weight excluding hydrogens is 198 g/mol. The van der Waals surface area contributed by atoms with Gasteiger partial charge in [0.1, 0.15) is 0 Å². The van der Waals surface area contributed by atoms with Gasteiger partial charge in [-0.3, -0.25) is 4.68 Å². The summed E-state index contributed by atoms with van der Waals surface area (Å²) in [6.07, 6.45) is 0. The normalized spacial score (nSPS) is 11.1. The average Bonchev–Trinajstić information content (AvgIpc) is 2.64. The summed E-state index contributed by atoms with van der Waals surface area (Å²) in [5.74, 6) is 6.09. The maximum Gasteiger partial charge on any atom is 0.0724 e. The molecule has 0 atom stereocenters. The van der Waals surface area contributed by atoms with Crippen molar-refractivity contribution in [3.05, 3.63) is 42.5 Å². The third-order valence-corrected chi connectivity index (χ3v) is 3.00. The van der Waals surface area contributed by atoms with Crippen LogP contribution in [0.25, 0.3) is 21.8 Å². The maximum atomic E-state index is 6.09.